The molecule has 3 rings (SSSR count). The molecule has 0 spiro atoms. The summed E-state index contributed by atoms with van der Waals surface area (Å²) in [7, 11) is 1.57. The molecule has 1 N–H and O–H groups in total. The third-order valence-electron chi connectivity index (χ3n) is 3.70. The lowest BCUT2D eigenvalue weighted by atomic mass is 10.1. The van der Waals surface area contributed by atoms with Crippen molar-refractivity contribution in [3.8, 4) is 5.75 Å². The Balaban J connectivity index is 1.86. The molecule has 0 atom stereocenters. The van der Waals surface area contributed by atoms with Gasteiger partial charge in [0.15, 0.2) is 0 Å². The number of nitrogens with one attached hydrogen (secondary N) is 1. The highest BCUT2D eigenvalue weighted by Crippen LogP contribution is 2.15. The lowest BCUT2D eigenvalue weighted by molar-refractivity contribution is 0.414. The van der Waals surface area contributed by atoms with Crippen molar-refractivity contribution in [3.05, 3.63) is 81.5 Å². The minimum absolute atomic E-state index is 0.0843. The predicted octanol–water partition coefficient (Wildman–Crippen LogP) is 2.50. The van der Waals surface area contributed by atoms with Crippen LogP contribution in [-0.4, -0.2) is 21.9 Å². The van der Waals surface area contributed by atoms with Crippen molar-refractivity contribution in [2.75, 3.05) is 7.11 Å². The quantitative estimate of drug-likeness (QED) is 0.781. The van der Waals surface area contributed by atoms with Crippen molar-refractivity contribution in [2.45, 2.75) is 13.0 Å². The molecule has 0 aliphatic heterocycles. The number of methoxy groups -OCH3 is 1. The molecule has 0 fully saturated rings. The summed E-state index contributed by atoms with van der Waals surface area (Å²) in [4.78, 5) is 12.0. The van der Waals surface area contributed by atoms with Crippen LogP contribution in [0.3, 0.4) is 0 Å². The number of benzene rings is 2. The molecule has 24 heavy (non-hydrogen) atoms. The van der Waals surface area contributed by atoms with Gasteiger partial charge in [0, 0.05) is 12.5 Å². The summed E-state index contributed by atoms with van der Waals surface area (Å²) in [6.07, 6.45) is 0.0843. The van der Waals surface area contributed by atoms with Crippen LogP contribution in [0, 0.1) is 11.6 Å². The number of hydrogen-bond donors (Lipinski definition) is 1. The van der Waals surface area contributed by atoms with Crippen molar-refractivity contribution in [3.63, 3.8) is 0 Å². The van der Waals surface area contributed by atoms with Gasteiger partial charge < -0.3 is 4.74 Å². The summed E-state index contributed by atoms with van der Waals surface area (Å²) >= 11 is 0. The average molecular weight is 331 g/mol. The fourth-order valence-electron chi connectivity index (χ4n) is 2.40. The summed E-state index contributed by atoms with van der Waals surface area (Å²) < 4.78 is 33.3. The Morgan fingerprint density at radius 2 is 1.92 bits per heavy atom. The van der Waals surface area contributed by atoms with Crippen LogP contribution in [0.15, 0.2) is 47.3 Å². The zero-order valence-electron chi connectivity index (χ0n) is 12.9. The minimum Gasteiger partial charge on any atom is -0.497 e. The van der Waals surface area contributed by atoms with Gasteiger partial charge in [0.05, 0.1) is 13.7 Å². The van der Waals surface area contributed by atoms with Gasteiger partial charge in [-0.3, -0.25) is 4.57 Å². The van der Waals surface area contributed by atoms with Gasteiger partial charge in [-0.2, -0.15) is 5.10 Å². The maximum absolute atomic E-state index is 13.8. The Bertz CT molecular complexity index is 901. The summed E-state index contributed by atoms with van der Waals surface area (Å²) in [5.74, 6) is -0.219. The van der Waals surface area contributed by atoms with Gasteiger partial charge in [-0.25, -0.2) is 18.7 Å². The van der Waals surface area contributed by atoms with Crippen LogP contribution in [0.4, 0.5) is 8.78 Å². The third-order valence-corrected chi connectivity index (χ3v) is 3.70. The van der Waals surface area contributed by atoms with Crippen molar-refractivity contribution >= 4 is 0 Å². The Labute approximate surface area is 136 Å². The van der Waals surface area contributed by atoms with Gasteiger partial charge in [-0.1, -0.05) is 18.2 Å². The van der Waals surface area contributed by atoms with Gasteiger partial charge in [0.2, 0.25) is 0 Å². The van der Waals surface area contributed by atoms with Gasteiger partial charge in [-0.05, 0) is 29.3 Å². The van der Waals surface area contributed by atoms with Crippen molar-refractivity contribution in [1.29, 1.82) is 0 Å². The standard InChI is InChI=1S/C17H15F2N3O2/c1-24-14-6-2-11(3-7-14)10-22-16(20-21-17(22)23)8-12-4-5-13(18)9-15(12)19/h2-7,9H,8,10H2,1H3,(H,21,23). The normalized spacial score (nSPS) is 10.8. The molecule has 0 bridgehead atoms. The number of rotatable bonds is 5. The third kappa shape index (κ3) is 3.34. The molecular weight excluding hydrogens is 316 g/mol. The summed E-state index contributed by atoms with van der Waals surface area (Å²) in [6.45, 7) is 0.289. The van der Waals surface area contributed by atoms with Crippen LogP contribution in [0.25, 0.3) is 0 Å². The molecule has 0 saturated carbocycles. The van der Waals surface area contributed by atoms with E-state index in [1.54, 1.807) is 19.2 Å². The lowest BCUT2D eigenvalue weighted by Crippen LogP contribution is -2.20. The topological polar surface area (TPSA) is 59.9 Å². The Kier molecular flexibility index (Phi) is 4.41. The van der Waals surface area contributed by atoms with E-state index in [0.717, 1.165) is 11.6 Å². The van der Waals surface area contributed by atoms with Crippen LogP contribution in [0.1, 0.15) is 17.0 Å². The highest BCUT2D eigenvalue weighted by atomic mass is 19.1. The minimum atomic E-state index is -0.665. The first-order chi connectivity index (χ1) is 11.6. The molecule has 0 unspecified atom stereocenters. The van der Waals surface area contributed by atoms with E-state index in [2.05, 4.69) is 10.2 Å². The van der Waals surface area contributed by atoms with Crippen LogP contribution >= 0.6 is 0 Å². The second-order valence-electron chi connectivity index (χ2n) is 5.29. The van der Waals surface area contributed by atoms with Gasteiger partial charge in [0.25, 0.3) is 0 Å². The smallest absolute Gasteiger partial charge is 0.343 e. The maximum Gasteiger partial charge on any atom is 0.343 e. The first-order valence-electron chi connectivity index (χ1n) is 7.28. The van der Waals surface area contributed by atoms with Crippen molar-refractivity contribution in [1.82, 2.24) is 14.8 Å². The first kappa shape index (κ1) is 15.9. The van der Waals surface area contributed by atoms with E-state index in [-0.39, 0.29) is 24.2 Å². The maximum atomic E-state index is 13.8. The number of halogens is 2. The number of hydrogen-bond acceptors (Lipinski definition) is 3. The summed E-state index contributed by atoms with van der Waals surface area (Å²) in [6, 6.07) is 10.6. The second kappa shape index (κ2) is 6.66. The molecule has 5 nitrogen and oxygen atoms in total. The number of aromatic amines is 1. The van der Waals surface area contributed by atoms with Crippen LogP contribution in [-0.2, 0) is 13.0 Å². The molecule has 0 radical (unpaired) electrons. The largest absolute Gasteiger partial charge is 0.497 e. The van der Waals surface area contributed by atoms with Crippen molar-refractivity contribution < 1.29 is 13.5 Å². The van der Waals surface area contributed by atoms with E-state index in [9.17, 15) is 13.6 Å². The summed E-state index contributed by atoms with van der Waals surface area (Å²) in [5, 5.41) is 6.31. The number of nitrogens with zero attached hydrogens (tertiary/aromatic N) is 2. The monoisotopic (exact) mass is 331 g/mol. The molecule has 0 aliphatic carbocycles. The predicted molar refractivity (Wildman–Crippen MR) is 84.1 cm³/mol. The van der Waals surface area contributed by atoms with Crippen LogP contribution in [0.5, 0.6) is 5.75 Å². The number of ether oxygens (including phenoxy) is 1. The Morgan fingerprint density at radius 1 is 1.17 bits per heavy atom. The van der Waals surface area contributed by atoms with E-state index in [1.807, 2.05) is 12.1 Å². The number of aromatic nitrogens is 3. The molecule has 1 aromatic heterocycles. The molecule has 7 heteroatoms. The average Bonchev–Trinajstić information content (AvgIpc) is 2.91. The SMILES string of the molecule is COc1ccc(Cn2c(Cc3ccc(F)cc3F)n[nH]c2=O)cc1. The Morgan fingerprint density at radius 3 is 2.58 bits per heavy atom. The van der Waals surface area contributed by atoms with E-state index >= 15 is 0 Å². The van der Waals surface area contributed by atoms with Gasteiger partial charge in [-0.15, -0.1) is 0 Å². The summed E-state index contributed by atoms with van der Waals surface area (Å²) in [5.41, 5.74) is 0.759. The molecule has 124 valence electrons. The van der Waals surface area contributed by atoms with E-state index in [0.29, 0.717) is 11.6 Å². The lowest BCUT2D eigenvalue weighted by Gasteiger charge is -2.08. The van der Waals surface area contributed by atoms with Gasteiger partial charge >= 0.3 is 5.69 Å². The molecule has 3 aromatic rings. The number of H-pyrrole nitrogens is 1. The fourth-order valence-corrected chi connectivity index (χ4v) is 2.40. The van der Waals surface area contributed by atoms with Crippen LogP contribution < -0.4 is 10.4 Å². The molecule has 0 aliphatic rings. The molecular formula is C17H15F2N3O2. The van der Waals surface area contributed by atoms with E-state index in [1.165, 1.54) is 16.7 Å². The first-order valence-corrected chi connectivity index (χ1v) is 7.28. The van der Waals surface area contributed by atoms with E-state index in [4.69, 9.17) is 4.74 Å². The highest BCUT2D eigenvalue weighted by Gasteiger charge is 2.13. The zero-order valence-corrected chi connectivity index (χ0v) is 12.9. The fraction of sp³-hybridized carbons (Fsp3) is 0.176. The molecule has 0 saturated heterocycles. The molecule has 0 amide bonds. The molecule has 2 aromatic carbocycles. The van der Waals surface area contributed by atoms with Gasteiger partial charge in [0.1, 0.15) is 23.2 Å². The Hall–Kier alpha value is -2.96. The van der Waals surface area contributed by atoms with Crippen molar-refractivity contribution in [2.24, 2.45) is 0 Å². The zero-order chi connectivity index (χ0) is 17.1. The van der Waals surface area contributed by atoms with Crippen LogP contribution in [0.2, 0.25) is 0 Å². The van der Waals surface area contributed by atoms with E-state index < -0.39 is 11.6 Å². The molecule has 1 heterocycles. The highest BCUT2D eigenvalue weighted by molar-refractivity contribution is 5.28. The second-order valence-corrected chi connectivity index (χ2v) is 5.29.